The van der Waals surface area contributed by atoms with E-state index in [-0.39, 0.29) is 18.9 Å². The van der Waals surface area contributed by atoms with Crippen LogP contribution in [-0.4, -0.2) is 18.7 Å². The number of nitrogens with one attached hydrogen (secondary N) is 1. The number of halogens is 1. The van der Waals surface area contributed by atoms with Crippen molar-refractivity contribution in [3.05, 3.63) is 64.1 Å². The third-order valence-electron chi connectivity index (χ3n) is 2.88. The number of nitrogens with zero attached hydrogens (tertiary/aromatic N) is 1. The molecule has 116 valence electrons. The van der Waals surface area contributed by atoms with Crippen molar-refractivity contribution in [2.24, 2.45) is 5.10 Å². The fraction of sp³-hybridized carbons (Fsp3) is 0.111. The Kier molecular flexibility index (Phi) is 6.40. The summed E-state index contributed by atoms with van der Waals surface area (Å²) in [5, 5.41) is 3.94. The first kappa shape index (κ1) is 16.8. The summed E-state index contributed by atoms with van der Waals surface area (Å²) in [5.74, 6) is 2.93. The summed E-state index contributed by atoms with van der Waals surface area (Å²) in [7, 11) is 0. The van der Waals surface area contributed by atoms with Gasteiger partial charge in [0.25, 0.3) is 0 Å². The first-order chi connectivity index (χ1) is 11.2. The Morgan fingerprint density at radius 3 is 2.57 bits per heavy atom. The minimum Gasteiger partial charge on any atom is -0.481 e. The molecule has 0 aliphatic rings. The Labute approximate surface area is 143 Å². The SMILES string of the molecule is C#CCOc1ccc(/C=N\NC(=O)Cc2ccc(Br)cc2)cc1. The van der Waals surface area contributed by atoms with Gasteiger partial charge in [-0.3, -0.25) is 4.79 Å². The highest BCUT2D eigenvalue weighted by Gasteiger charge is 2.01. The van der Waals surface area contributed by atoms with Crippen LogP contribution in [0.2, 0.25) is 0 Å². The maximum absolute atomic E-state index is 11.8. The Hall–Kier alpha value is -2.58. The van der Waals surface area contributed by atoms with Crippen LogP contribution < -0.4 is 10.2 Å². The molecule has 0 aromatic heterocycles. The number of hydrogen-bond acceptors (Lipinski definition) is 3. The van der Waals surface area contributed by atoms with Crippen LogP contribution in [0.4, 0.5) is 0 Å². The van der Waals surface area contributed by atoms with Crippen LogP contribution in [0.15, 0.2) is 58.1 Å². The lowest BCUT2D eigenvalue weighted by molar-refractivity contribution is -0.120. The normalized spacial score (nSPS) is 10.3. The number of hydrogen-bond donors (Lipinski definition) is 1. The zero-order valence-corrected chi connectivity index (χ0v) is 13.9. The zero-order valence-electron chi connectivity index (χ0n) is 12.3. The van der Waals surface area contributed by atoms with Crippen molar-refractivity contribution in [3.8, 4) is 18.1 Å². The lowest BCUT2D eigenvalue weighted by Gasteiger charge is -2.02. The van der Waals surface area contributed by atoms with Crippen molar-refractivity contribution in [1.82, 2.24) is 5.43 Å². The molecule has 0 unspecified atom stereocenters. The third kappa shape index (κ3) is 5.97. The Bertz CT molecular complexity index is 716. The van der Waals surface area contributed by atoms with E-state index in [4.69, 9.17) is 11.2 Å². The lowest BCUT2D eigenvalue weighted by Crippen LogP contribution is -2.19. The van der Waals surface area contributed by atoms with Gasteiger partial charge in [-0.2, -0.15) is 5.10 Å². The van der Waals surface area contributed by atoms with Gasteiger partial charge in [-0.25, -0.2) is 5.43 Å². The highest BCUT2D eigenvalue weighted by molar-refractivity contribution is 9.10. The highest BCUT2D eigenvalue weighted by Crippen LogP contribution is 2.11. The number of carbonyl (C=O) groups is 1. The molecule has 0 bridgehead atoms. The van der Waals surface area contributed by atoms with Gasteiger partial charge in [0.05, 0.1) is 12.6 Å². The fourth-order valence-corrected chi connectivity index (χ4v) is 2.05. The van der Waals surface area contributed by atoms with E-state index in [9.17, 15) is 4.79 Å². The summed E-state index contributed by atoms with van der Waals surface area (Å²) in [6, 6.07) is 14.8. The van der Waals surface area contributed by atoms with Gasteiger partial charge >= 0.3 is 0 Å². The summed E-state index contributed by atoms with van der Waals surface area (Å²) >= 11 is 3.36. The molecule has 2 rings (SSSR count). The summed E-state index contributed by atoms with van der Waals surface area (Å²) < 4.78 is 6.25. The predicted molar refractivity (Wildman–Crippen MR) is 94.4 cm³/mol. The summed E-state index contributed by atoms with van der Waals surface area (Å²) in [6.45, 7) is 0.236. The zero-order chi connectivity index (χ0) is 16.5. The number of rotatable bonds is 6. The fourth-order valence-electron chi connectivity index (χ4n) is 1.78. The summed E-state index contributed by atoms with van der Waals surface area (Å²) in [6.07, 6.45) is 6.98. The molecule has 0 spiro atoms. The number of amides is 1. The minimum absolute atomic E-state index is 0.169. The monoisotopic (exact) mass is 370 g/mol. The van der Waals surface area contributed by atoms with E-state index in [2.05, 4.69) is 32.4 Å². The lowest BCUT2D eigenvalue weighted by atomic mass is 10.1. The number of hydrazone groups is 1. The molecule has 5 heteroatoms. The molecule has 1 N–H and O–H groups in total. The van der Waals surface area contributed by atoms with Crippen molar-refractivity contribution in [2.75, 3.05) is 6.61 Å². The topological polar surface area (TPSA) is 50.7 Å². The van der Waals surface area contributed by atoms with Crippen molar-refractivity contribution in [3.63, 3.8) is 0 Å². The second-order valence-electron chi connectivity index (χ2n) is 4.66. The van der Waals surface area contributed by atoms with Crippen LogP contribution in [0.5, 0.6) is 5.75 Å². The first-order valence-electron chi connectivity index (χ1n) is 6.90. The minimum atomic E-state index is -0.169. The van der Waals surface area contributed by atoms with Gasteiger partial charge < -0.3 is 4.74 Å². The Balaban J connectivity index is 1.82. The van der Waals surface area contributed by atoms with E-state index in [1.54, 1.807) is 18.3 Å². The van der Waals surface area contributed by atoms with Crippen LogP contribution in [0.1, 0.15) is 11.1 Å². The largest absolute Gasteiger partial charge is 0.481 e. The van der Waals surface area contributed by atoms with Crippen molar-refractivity contribution in [2.45, 2.75) is 6.42 Å². The smallest absolute Gasteiger partial charge is 0.244 e. The average Bonchev–Trinajstić information content (AvgIpc) is 2.56. The molecule has 2 aromatic carbocycles. The van der Waals surface area contributed by atoms with E-state index < -0.39 is 0 Å². The van der Waals surface area contributed by atoms with E-state index in [1.807, 2.05) is 36.4 Å². The molecule has 23 heavy (non-hydrogen) atoms. The van der Waals surface area contributed by atoms with E-state index in [0.717, 1.165) is 15.6 Å². The van der Waals surface area contributed by atoms with Crippen LogP contribution in [0.25, 0.3) is 0 Å². The van der Waals surface area contributed by atoms with Gasteiger partial charge in [-0.1, -0.05) is 34.0 Å². The molecule has 0 saturated carbocycles. The molecule has 0 heterocycles. The van der Waals surface area contributed by atoms with E-state index >= 15 is 0 Å². The van der Waals surface area contributed by atoms with Gasteiger partial charge in [0.2, 0.25) is 5.91 Å². The van der Waals surface area contributed by atoms with Gasteiger partial charge in [0, 0.05) is 4.47 Å². The number of benzene rings is 2. The van der Waals surface area contributed by atoms with Crippen molar-refractivity contribution < 1.29 is 9.53 Å². The quantitative estimate of drug-likeness (QED) is 0.482. The number of ether oxygens (including phenoxy) is 1. The average molecular weight is 371 g/mol. The molecule has 0 saturated heterocycles. The molecule has 0 atom stereocenters. The Morgan fingerprint density at radius 1 is 1.22 bits per heavy atom. The van der Waals surface area contributed by atoms with Gasteiger partial charge in [0.15, 0.2) is 0 Å². The standard InChI is InChI=1S/C18H15BrN2O2/c1-2-11-23-17-9-5-15(6-10-17)13-20-21-18(22)12-14-3-7-16(19)8-4-14/h1,3-10,13H,11-12H2,(H,21,22)/b20-13-. The number of carbonyl (C=O) groups excluding carboxylic acids is 1. The Morgan fingerprint density at radius 2 is 1.91 bits per heavy atom. The molecular formula is C18H15BrN2O2. The number of terminal acetylenes is 1. The van der Waals surface area contributed by atoms with E-state index in [1.165, 1.54) is 0 Å². The van der Waals surface area contributed by atoms with Crippen molar-refractivity contribution in [1.29, 1.82) is 0 Å². The second kappa shape index (κ2) is 8.76. The maximum atomic E-state index is 11.8. The van der Waals surface area contributed by atoms with Crippen LogP contribution >= 0.6 is 15.9 Å². The molecule has 0 radical (unpaired) electrons. The molecule has 1 amide bonds. The van der Waals surface area contributed by atoms with Gasteiger partial charge in [-0.15, -0.1) is 6.42 Å². The molecule has 4 nitrogen and oxygen atoms in total. The third-order valence-corrected chi connectivity index (χ3v) is 3.41. The van der Waals surface area contributed by atoms with Crippen LogP contribution in [0, 0.1) is 12.3 Å². The van der Waals surface area contributed by atoms with Crippen LogP contribution in [0.3, 0.4) is 0 Å². The molecule has 0 aliphatic carbocycles. The van der Waals surface area contributed by atoms with Gasteiger partial charge in [-0.05, 0) is 47.5 Å². The van der Waals surface area contributed by atoms with E-state index in [0.29, 0.717) is 5.75 Å². The first-order valence-corrected chi connectivity index (χ1v) is 7.69. The molecule has 0 aliphatic heterocycles. The summed E-state index contributed by atoms with van der Waals surface area (Å²) in [4.78, 5) is 11.8. The van der Waals surface area contributed by atoms with Crippen molar-refractivity contribution >= 4 is 28.1 Å². The molecule has 0 fully saturated rings. The van der Waals surface area contributed by atoms with Crippen LogP contribution in [-0.2, 0) is 11.2 Å². The maximum Gasteiger partial charge on any atom is 0.244 e. The predicted octanol–water partition coefficient (Wildman–Crippen LogP) is 3.15. The second-order valence-corrected chi connectivity index (χ2v) is 5.57. The highest BCUT2D eigenvalue weighted by atomic mass is 79.9. The summed E-state index contributed by atoms with van der Waals surface area (Å²) in [5.41, 5.74) is 4.28. The molecular weight excluding hydrogens is 356 g/mol. The molecule has 2 aromatic rings. The van der Waals surface area contributed by atoms with Gasteiger partial charge in [0.1, 0.15) is 12.4 Å².